The van der Waals surface area contributed by atoms with Crippen molar-refractivity contribution in [2.75, 3.05) is 0 Å². The van der Waals surface area contributed by atoms with E-state index < -0.39 is 0 Å². The van der Waals surface area contributed by atoms with Crippen LogP contribution in [0.5, 0.6) is 0 Å². The Balaban J connectivity index is 2.37. The average Bonchev–Trinajstić information content (AvgIpc) is 2.35. The predicted molar refractivity (Wildman–Crippen MR) is 69.7 cm³/mol. The SMILES string of the molecule is C=CCCCCCC(NN)c1ccc(F)cc1. The van der Waals surface area contributed by atoms with Crippen molar-refractivity contribution in [1.82, 2.24) is 5.43 Å². The third-order valence-corrected chi connectivity index (χ3v) is 2.87. The van der Waals surface area contributed by atoms with Crippen LogP contribution in [0.1, 0.15) is 43.7 Å². The van der Waals surface area contributed by atoms with Crippen LogP contribution < -0.4 is 11.3 Å². The molecule has 0 aliphatic heterocycles. The number of unbranched alkanes of at least 4 members (excludes halogenated alkanes) is 3. The third-order valence-electron chi connectivity index (χ3n) is 2.87. The second kappa shape index (κ2) is 7.98. The van der Waals surface area contributed by atoms with Crippen LogP contribution in [0, 0.1) is 5.82 Å². The van der Waals surface area contributed by atoms with Crippen molar-refractivity contribution in [3.05, 3.63) is 48.3 Å². The second-order valence-corrected chi connectivity index (χ2v) is 4.20. The Morgan fingerprint density at radius 1 is 1.24 bits per heavy atom. The van der Waals surface area contributed by atoms with Crippen molar-refractivity contribution in [1.29, 1.82) is 0 Å². The molecule has 0 saturated carbocycles. The minimum absolute atomic E-state index is 0.110. The number of hydrazine groups is 1. The molecular weight excluding hydrogens is 215 g/mol. The summed E-state index contributed by atoms with van der Waals surface area (Å²) in [6, 6.07) is 6.61. The molecule has 17 heavy (non-hydrogen) atoms. The van der Waals surface area contributed by atoms with Gasteiger partial charge in [-0.2, -0.15) is 0 Å². The Hall–Kier alpha value is -1.19. The van der Waals surface area contributed by atoms with Gasteiger partial charge in [0.05, 0.1) is 0 Å². The van der Waals surface area contributed by atoms with Crippen molar-refractivity contribution in [2.24, 2.45) is 5.84 Å². The summed E-state index contributed by atoms with van der Waals surface area (Å²) in [6.07, 6.45) is 7.44. The summed E-state index contributed by atoms with van der Waals surface area (Å²) in [4.78, 5) is 0. The van der Waals surface area contributed by atoms with Gasteiger partial charge >= 0.3 is 0 Å². The Morgan fingerprint density at radius 3 is 2.53 bits per heavy atom. The summed E-state index contributed by atoms with van der Waals surface area (Å²) in [5.41, 5.74) is 3.83. The molecule has 1 atom stereocenters. The van der Waals surface area contributed by atoms with Gasteiger partial charge in [0.1, 0.15) is 5.82 Å². The molecule has 1 rings (SSSR count). The van der Waals surface area contributed by atoms with Gasteiger partial charge in [0, 0.05) is 6.04 Å². The van der Waals surface area contributed by atoms with Crippen molar-refractivity contribution in [2.45, 2.75) is 38.1 Å². The molecule has 0 radical (unpaired) electrons. The highest BCUT2D eigenvalue weighted by Crippen LogP contribution is 2.19. The molecule has 0 saturated heterocycles. The van der Waals surface area contributed by atoms with E-state index >= 15 is 0 Å². The molecule has 0 amide bonds. The summed E-state index contributed by atoms with van der Waals surface area (Å²) in [7, 11) is 0. The van der Waals surface area contributed by atoms with Crippen molar-refractivity contribution >= 4 is 0 Å². The molecule has 1 aromatic carbocycles. The molecule has 3 heteroatoms. The monoisotopic (exact) mass is 236 g/mol. The highest BCUT2D eigenvalue weighted by Gasteiger charge is 2.08. The van der Waals surface area contributed by atoms with Gasteiger partial charge in [-0.15, -0.1) is 6.58 Å². The molecule has 0 fully saturated rings. The smallest absolute Gasteiger partial charge is 0.123 e. The van der Waals surface area contributed by atoms with Gasteiger partial charge in [0.25, 0.3) is 0 Å². The Kier molecular flexibility index (Phi) is 6.51. The number of hydrogen-bond donors (Lipinski definition) is 2. The quantitative estimate of drug-likeness (QED) is 0.314. The normalized spacial score (nSPS) is 12.4. The van der Waals surface area contributed by atoms with Gasteiger partial charge in [-0.25, -0.2) is 4.39 Å². The summed E-state index contributed by atoms with van der Waals surface area (Å²) in [6.45, 7) is 3.70. The number of hydrogen-bond acceptors (Lipinski definition) is 2. The highest BCUT2D eigenvalue weighted by atomic mass is 19.1. The molecule has 3 N–H and O–H groups in total. The predicted octanol–water partition coefficient (Wildman–Crippen LogP) is 3.47. The molecule has 1 unspecified atom stereocenters. The van der Waals surface area contributed by atoms with Gasteiger partial charge in [-0.05, 0) is 37.0 Å². The number of benzene rings is 1. The topological polar surface area (TPSA) is 38.0 Å². The number of nitrogens with two attached hydrogens (primary N) is 1. The van der Waals surface area contributed by atoms with E-state index in [-0.39, 0.29) is 11.9 Å². The molecule has 0 aromatic heterocycles. The number of nitrogens with one attached hydrogen (secondary N) is 1. The van der Waals surface area contributed by atoms with Crippen LogP contribution in [0.2, 0.25) is 0 Å². The maximum absolute atomic E-state index is 12.8. The molecule has 0 aliphatic rings. The summed E-state index contributed by atoms with van der Waals surface area (Å²) in [5, 5.41) is 0. The summed E-state index contributed by atoms with van der Waals surface area (Å²) >= 11 is 0. The Bertz CT molecular complexity index is 321. The zero-order chi connectivity index (χ0) is 12.5. The standard InChI is InChI=1S/C14H21FN2/c1-2-3-4-5-6-7-14(17-16)12-8-10-13(15)11-9-12/h2,8-11,14,17H,1,3-7,16H2. The largest absolute Gasteiger partial charge is 0.271 e. The van der Waals surface area contributed by atoms with E-state index in [1.807, 2.05) is 6.08 Å². The van der Waals surface area contributed by atoms with E-state index in [0.717, 1.165) is 24.8 Å². The fourth-order valence-electron chi connectivity index (χ4n) is 1.86. The first kappa shape index (κ1) is 13.9. The van der Waals surface area contributed by atoms with Crippen LogP contribution in [0.25, 0.3) is 0 Å². The zero-order valence-electron chi connectivity index (χ0n) is 10.2. The maximum atomic E-state index is 12.8. The lowest BCUT2D eigenvalue weighted by Crippen LogP contribution is -2.27. The first-order valence-electron chi connectivity index (χ1n) is 6.10. The summed E-state index contributed by atoms with van der Waals surface area (Å²) < 4.78 is 12.8. The maximum Gasteiger partial charge on any atom is 0.123 e. The third kappa shape index (κ3) is 5.11. The number of allylic oxidation sites excluding steroid dienone is 1. The minimum Gasteiger partial charge on any atom is -0.271 e. The lowest BCUT2D eigenvalue weighted by Gasteiger charge is -2.16. The number of halogens is 1. The van der Waals surface area contributed by atoms with E-state index in [1.165, 1.54) is 25.0 Å². The molecule has 0 bridgehead atoms. The lowest BCUT2D eigenvalue weighted by molar-refractivity contribution is 0.483. The fourth-order valence-corrected chi connectivity index (χ4v) is 1.86. The molecular formula is C14H21FN2. The van der Waals surface area contributed by atoms with Crippen LogP contribution >= 0.6 is 0 Å². The van der Waals surface area contributed by atoms with Crippen LogP contribution in [0.15, 0.2) is 36.9 Å². The van der Waals surface area contributed by atoms with Gasteiger partial charge < -0.3 is 0 Å². The van der Waals surface area contributed by atoms with E-state index in [1.54, 1.807) is 12.1 Å². The van der Waals surface area contributed by atoms with Gasteiger partial charge in [-0.1, -0.05) is 31.1 Å². The second-order valence-electron chi connectivity index (χ2n) is 4.20. The van der Waals surface area contributed by atoms with E-state index in [0.29, 0.717) is 0 Å². The fraction of sp³-hybridized carbons (Fsp3) is 0.429. The van der Waals surface area contributed by atoms with Crippen LogP contribution in [-0.2, 0) is 0 Å². The van der Waals surface area contributed by atoms with E-state index in [9.17, 15) is 4.39 Å². The first-order valence-corrected chi connectivity index (χ1v) is 6.10. The molecule has 1 aromatic rings. The van der Waals surface area contributed by atoms with E-state index in [4.69, 9.17) is 5.84 Å². The van der Waals surface area contributed by atoms with Crippen LogP contribution in [-0.4, -0.2) is 0 Å². The number of rotatable bonds is 8. The summed E-state index contributed by atoms with van der Waals surface area (Å²) in [5.74, 6) is 5.31. The van der Waals surface area contributed by atoms with Crippen molar-refractivity contribution < 1.29 is 4.39 Å². The van der Waals surface area contributed by atoms with Gasteiger partial charge in [0.15, 0.2) is 0 Å². The molecule has 2 nitrogen and oxygen atoms in total. The van der Waals surface area contributed by atoms with Crippen LogP contribution in [0.3, 0.4) is 0 Å². The lowest BCUT2D eigenvalue weighted by atomic mass is 10.0. The molecule has 94 valence electrons. The van der Waals surface area contributed by atoms with Crippen molar-refractivity contribution in [3.63, 3.8) is 0 Å². The van der Waals surface area contributed by atoms with E-state index in [2.05, 4.69) is 12.0 Å². The molecule has 0 aliphatic carbocycles. The van der Waals surface area contributed by atoms with Crippen molar-refractivity contribution in [3.8, 4) is 0 Å². The van der Waals surface area contributed by atoms with Gasteiger partial charge in [0.2, 0.25) is 0 Å². The van der Waals surface area contributed by atoms with Crippen LogP contribution in [0.4, 0.5) is 4.39 Å². The zero-order valence-corrected chi connectivity index (χ0v) is 10.2. The molecule has 0 heterocycles. The Morgan fingerprint density at radius 2 is 1.94 bits per heavy atom. The Labute approximate surface area is 103 Å². The highest BCUT2D eigenvalue weighted by molar-refractivity contribution is 5.19. The average molecular weight is 236 g/mol. The first-order chi connectivity index (χ1) is 8.27. The van der Waals surface area contributed by atoms with Gasteiger partial charge in [-0.3, -0.25) is 11.3 Å². The molecule has 0 spiro atoms. The minimum atomic E-state index is -0.212.